The highest BCUT2D eigenvalue weighted by atomic mass is 35.5. The van der Waals surface area contributed by atoms with Crippen LogP contribution < -0.4 is 5.32 Å². The highest BCUT2D eigenvalue weighted by molar-refractivity contribution is 7.71. The van der Waals surface area contributed by atoms with Crippen molar-refractivity contribution < 1.29 is 4.79 Å². The van der Waals surface area contributed by atoms with E-state index in [-0.39, 0.29) is 12.3 Å². The maximum absolute atomic E-state index is 12.5. The van der Waals surface area contributed by atoms with Crippen molar-refractivity contribution in [2.45, 2.75) is 40.3 Å². The molecule has 0 saturated carbocycles. The lowest BCUT2D eigenvalue weighted by Gasteiger charge is -2.09. The number of hydrogen-bond donors (Lipinski definition) is 2. The molecular weight excluding hydrogens is 419 g/mol. The number of carbonyl (C=O) groups is 1. The van der Waals surface area contributed by atoms with E-state index in [1.165, 1.54) is 0 Å². The first-order valence-corrected chi connectivity index (χ1v) is 9.89. The fourth-order valence-corrected chi connectivity index (χ4v) is 3.80. The molecule has 0 atom stereocenters. The van der Waals surface area contributed by atoms with E-state index in [1.807, 2.05) is 25.3 Å². The minimum atomic E-state index is -0.121. The lowest BCUT2D eigenvalue weighted by atomic mass is 10.1. The zero-order valence-electron chi connectivity index (χ0n) is 15.7. The first-order valence-electron chi connectivity index (χ1n) is 8.73. The molecule has 7 nitrogen and oxygen atoms in total. The van der Waals surface area contributed by atoms with Crippen molar-refractivity contribution >= 4 is 41.3 Å². The Balaban J connectivity index is 1.76. The van der Waals surface area contributed by atoms with Gasteiger partial charge in [-0.05, 0) is 51.2 Å². The van der Waals surface area contributed by atoms with Gasteiger partial charge < -0.3 is 9.88 Å². The molecule has 0 radical (unpaired) electrons. The Morgan fingerprint density at radius 1 is 1.32 bits per heavy atom. The van der Waals surface area contributed by atoms with Crippen molar-refractivity contribution in [1.82, 2.24) is 29.9 Å². The maximum atomic E-state index is 12.5. The van der Waals surface area contributed by atoms with Gasteiger partial charge >= 0.3 is 0 Å². The van der Waals surface area contributed by atoms with Crippen LogP contribution in [0.5, 0.6) is 0 Å². The molecule has 3 aromatic rings. The summed E-state index contributed by atoms with van der Waals surface area (Å²) in [6.07, 6.45) is 0.208. The van der Waals surface area contributed by atoms with Crippen LogP contribution in [-0.4, -0.2) is 30.5 Å². The van der Waals surface area contributed by atoms with Crippen LogP contribution in [-0.2, 0) is 24.3 Å². The molecule has 0 aliphatic carbocycles. The SMILES string of the molecule is CCn1c(CNC(=O)Cc2c(C)nn(-c3ccc(Cl)cc3Cl)c2C)n[nH]c1=S. The fraction of sp³-hybridized carbons (Fsp3) is 0.333. The number of hydrogen-bond acceptors (Lipinski definition) is 4. The van der Waals surface area contributed by atoms with E-state index in [0.717, 1.165) is 22.6 Å². The minimum Gasteiger partial charge on any atom is -0.349 e. The Morgan fingerprint density at radius 2 is 2.07 bits per heavy atom. The Bertz CT molecular complexity index is 1080. The van der Waals surface area contributed by atoms with Crippen molar-refractivity contribution in [3.05, 3.63) is 55.8 Å². The minimum absolute atomic E-state index is 0.121. The number of carbonyl (C=O) groups excluding carboxylic acids is 1. The molecule has 2 aromatic heterocycles. The molecule has 0 spiro atoms. The normalized spacial score (nSPS) is 11.0. The smallest absolute Gasteiger partial charge is 0.224 e. The number of benzene rings is 1. The third kappa shape index (κ3) is 4.14. The molecule has 148 valence electrons. The Morgan fingerprint density at radius 3 is 2.75 bits per heavy atom. The zero-order valence-corrected chi connectivity index (χ0v) is 18.0. The Hall–Kier alpha value is -2.16. The third-order valence-electron chi connectivity index (χ3n) is 4.51. The molecule has 0 aliphatic heterocycles. The van der Waals surface area contributed by atoms with Crippen molar-refractivity contribution in [2.75, 3.05) is 0 Å². The van der Waals surface area contributed by atoms with E-state index in [9.17, 15) is 4.79 Å². The molecule has 0 bridgehead atoms. The lowest BCUT2D eigenvalue weighted by Crippen LogP contribution is -2.26. The summed E-state index contributed by atoms with van der Waals surface area (Å²) in [4.78, 5) is 12.5. The van der Waals surface area contributed by atoms with Gasteiger partial charge in [-0.3, -0.25) is 9.89 Å². The van der Waals surface area contributed by atoms with E-state index in [1.54, 1.807) is 22.9 Å². The highest BCUT2D eigenvalue weighted by Crippen LogP contribution is 2.27. The van der Waals surface area contributed by atoms with Gasteiger partial charge in [0, 0.05) is 22.8 Å². The molecule has 28 heavy (non-hydrogen) atoms. The van der Waals surface area contributed by atoms with E-state index in [4.69, 9.17) is 35.4 Å². The molecule has 0 saturated heterocycles. The Kier molecular flexibility index (Phi) is 6.22. The van der Waals surface area contributed by atoms with Crippen LogP contribution in [0.1, 0.15) is 29.7 Å². The fourth-order valence-electron chi connectivity index (χ4n) is 3.03. The first kappa shape index (κ1) is 20.6. The summed E-state index contributed by atoms with van der Waals surface area (Å²) in [5, 5.41) is 15.4. The lowest BCUT2D eigenvalue weighted by molar-refractivity contribution is -0.120. The van der Waals surface area contributed by atoms with Crippen LogP contribution in [0.4, 0.5) is 0 Å². The summed E-state index contributed by atoms with van der Waals surface area (Å²) in [6.45, 7) is 6.75. The van der Waals surface area contributed by atoms with Crippen LogP contribution in [0, 0.1) is 18.6 Å². The van der Waals surface area contributed by atoms with Crippen LogP contribution in [0.25, 0.3) is 5.69 Å². The number of halogens is 2. The standard InChI is InChI=1S/C18H20Cl2N6OS/c1-4-25-16(22-23-18(25)28)9-21-17(27)8-13-10(2)24-26(11(13)3)15-6-5-12(19)7-14(15)20/h5-7H,4,8-9H2,1-3H3,(H,21,27)(H,23,28). The maximum Gasteiger partial charge on any atom is 0.224 e. The number of nitrogens with one attached hydrogen (secondary N) is 2. The van der Waals surface area contributed by atoms with E-state index >= 15 is 0 Å². The summed E-state index contributed by atoms with van der Waals surface area (Å²) < 4.78 is 4.12. The first-order chi connectivity index (χ1) is 13.3. The van der Waals surface area contributed by atoms with E-state index in [2.05, 4.69) is 20.6 Å². The van der Waals surface area contributed by atoms with Crippen molar-refractivity contribution in [2.24, 2.45) is 0 Å². The van der Waals surface area contributed by atoms with Gasteiger partial charge in [0.25, 0.3) is 0 Å². The second-order valence-electron chi connectivity index (χ2n) is 6.30. The number of aryl methyl sites for hydroxylation is 1. The second kappa shape index (κ2) is 8.46. The molecular formula is C18H20Cl2N6OS. The zero-order chi connectivity index (χ0) is 20.4. The molecule has 0 unspecified atom stereocenters. The van der Waals surface area contributed by atoms with Crippen molar-refractivity contribution in [3.8, 4) is 5.69 Å². The van der Waals surface area contributed by atoms with Crippen LogP contribution in [0.15, 0.2) is 18.2 Å². The van der Waals surface area contributed by atoms with Gasteiger partial charge in [0.15, 0.2) is 10.6 Å². The van der Waals surface area contributed by atoms with Crippen molar-refractivity contribution in [3.63, 3.8) is 0 Å². The average molecular weight is 439 g/mol. The van der Waals surface area contributed by atoms with Crippen LogP contribution in [0.3, 0.4) is 0 Å². The van der Waals surface area contributed by atoms with Crippen molar-refractivity contribution in [1.29, 1.82) is 0 Å². The molecule has 3 rings (SSSR count). The molecule has 2 N–H and O–H groups in total. The third-order valence-corrected chi connectivity index (χ3v) is 5.36. The number of aromatic nitrogens is 5. The second-order valence-corrected chi connectivity index (χ2v) is 7.53. The number of nitrogens with zero attached hydrogens (tertiary/aromatic N) is 4. The number of rotatable bonds is 6. The summed E-state index contributed by atoms with van der Waals surface area (Å²) in [5.41, 5.74) is 3.21. The predicted molar refractivity (Wildman–Crippen MR) is 112 cm³/mol. The van der Waals surface area contributed by atoms with E-state index in [0.29, 0.717) is 33.7 Å². The molecule has 0 aliphatic rings. The summed E-state index contributed by atoms with van der Waals surface area (Å²) in [7, 11) is 0. The summed E-state index contributed by atoms with van der Waals surface area (Å²) in [6, 6.07) is 5.23. The van der Waals surface area contributed by atoms with Gasteiger partial charge in [0.05, 0.1) is 29.4 Å². The van der Waals surface area contributed by atoms with Gasteiger partial charge in [-0.2, -0.15) is 10.2 Å². The number of H-pyrrole nitrogens is 1. The number of aromatic amines is 1. The van der Waals surface area contributed by atoms with Gasteiger partial charge in [-0.15, -0.1) is 0 Å². The van der Waals surface area contributed by atoms with Crippen LogP contribution in [0.2, 0.25) is 10.0 Å². The van der Waals surface area contributed by atoms with Gasteiger partial charge in [-0.1, -0.05) is 23.2 Å². The van der Waals surface area contributed by atoms with Gasteiger partial charge in [0.1, 0.15) is 0 Å². The quantitative estimate of drug-likeness (QED) is 0.571. The topological polar surface area (TPSA) is 80.5 Å². The molecule has 2 heterocycles. The monoisotopic (exact) mass is 438 g/mol. The highest BCUT2D eigenvalue weighted by Gasteiger charge is 2.18. The average Bonchev–Trinajstić information content (AvgIpc) is 3.14. The van der Waals surface area contributed by atoms with Gasteiger partial charge in [0.2, 0.25) is 5.91 Å². The molecule has 1 aromatic carbocycles. The molecule has 10 heteroatoms. The van der Waals surface area contributed by atoms with Crippen LogP contribution >= 0.6 is 35.4 Å². The van der Waals surface area contributed by atoms with E-state index < -0.39 is 0 Å². The number of amides is 1. The molecule has 1 amide bonds. The van der Waals surface area contributed by atoms with Gasteiger partial charge in [-0.25, -0.2) is 4.68 Å². The Labute approximate surface area is 177 Å². The summed E-state index contributed by atoms with van der Waals surface area (Å²) in [5.74, 6) is 0.572. The predicted octanol–water partition coefficient (Wildman–Crippen LogP) is 3.93. The largest absolute Gasteiger partial charge is 0.349 e. The summed E-state index contributed by atoms with van der Waals surface area (Å²) >= 11 is 17.4. The molecule has 0 fully saturated rings.